The monoisotopic (exact) mass is 479 g/mol. The SMILES string of the molecule is COc1ccc(CN(Cc2ccc(OC)cc2)S(=O)(=O)c2cc(N)cc3c(O)nccc23)cc1. The van der Waals surface area contributed by atoms with Gasteiger partial charge in [-0.2, -0.15) is 4.31 Å². The van der Waals surface area contributed by atoms with Crippen LogP contribution in [-0.4, -0.2) is 37.0 Å². The largest absolute Gasteiger partial charge is 0.497 e. The van der Waals surface area contributed by atoms with Gasteiger partial charge in [0.15, 0.2) is 0 Å². The molecule has 8 nitrogen and oxygen atoms in total. The van der Waals surface area contributed by atoms with Crippen molar-refractivity contribution in [2.24, 2.45) is 0 Å². The summed E-state index contributed by atoms with van der Waals surface area (Å²) in [6, 6.07) is 18.9. The molecule has 0 radical (unpaired) electrons. The average Bonchev–Trinajstić information content (AvgIpc) is 2.84. The first-order valence-electron chi connectivity index (χ1n) is 10.4. The predicted octanol–water partition coefficient (Wildman–Crippen LogP) is 3.93. The smallest absolute Gasteiger partial charge is 0.244 e. The number of sulfonamides is 1. The van der Waals surface area contributed by atoms with Crippen LogP contribution in [0.2, 0.25) is 0 Å². The van der Waals surface area contributed by atoms with Gasteiger partial charge in [0.1, 0.15) is 11.5 Å². The summed E-state index contributed by atoms with van der Waals surface area (Å²) >= 11 is 0. The third kappa shape index (κ3) is 4.75. The number of ether oxygens (including phenoxy) is 2. The highest BCUT2D eigenvalue weighted by Gasteiger charge is 2.28. The van der Waals surface area contributed by atoms with Crippen LogP contribution in [-0.2, 0) is 23.1 Å². The second kappa shape index (κ2) is 9.58. The molecule has 1 heterocycles. The van der Waals surface area contributed by atoms with E-state index in [9.17, 15) is 13.5 Å². The lowest BCUT2D eigenvalue weighted by Crippen LogP contribution is -2.30. The van der Waals surface area contributed by atoms with Gasteiger partial charge in [0.2, 0.25) is 15.9 Å². The van der Waals surface area contributed by atoms with Gasteiger partial charge in [-0.15, -0.1) is 0 Å². The molecule has 0 atom stereocenters. The van der Waals surface area contributed by atoms with E-state index in [1.807, 2.05) is 24.3 Å². The Morgan fingerprint density at radius 2 is 1.38 bits per heavy atom. The molecular weight excluding hydrogens is 454 g/mol. The first kappa shape index (κ1) is 23.3. The minimum atomic E-state index is -4.04. The number of hydrogen-bond donors (Lipinski definition) is 2. The van der Waals surface area contributed by atoms with E-state index in [-0.39, 0.29) is 34.9 Å². The van der Waals surface area contributed by atoms with Gasteiger partial charge in [-0.25, -0.2) is 13.4 Å². The highest BCUT2D eigenvalue weighted by Crippen LogP contribution is 2.33. The number of benzene rings is 3. The minimum Gasteiger partial charge on any atom is -0.497 e. The number of nitrogens with zero attached hydrogens (tertiary/aromatic N) is 2. The van der Waals surface area contributed by atoms with Crippen molar-refractivity contribution in [1.82, 2.24) is 9.29 Å². The van der Waals surface area contributed by atoms with Gasteiger partial charge in [0.25, 0.3) is 0 Å². The average molecular weight is 480 g/mol. The Labute approximate surface area is 198 Å². The summed E-state index contributed by atoms with van der Waals surface area (Å²) in [5.41, 5.74) is 7.80. The van der Waals surface area contributed by atoms with Crippen molar-refractivity contribution in [2.75, 3.05) is 20.0 Å². The Hall–Kier alpha value is -3.82. The predicted molar refractivity (Wildman–Crippen MR) is 130 cm³/mol. The lowest BCUT2D eigenvalue weighted by Gasteiger charge is -2.24. The number of fused-ring (bicyclic) bond motifs is 1. The zero-order valence-corrected chi connectivity index (χ0v) is 19.6. The fraction of sp³-hybridized carbons (Fsp3) is 0.160. The van der Waals surface area contributed by atoms with Crippen molar-refractivity contribution in [2.45, 2.75) is 18.0 Å². The van der Waals surface area contributed by atoms with Crippen LogP contribution in [0.1, 0.15) is 11.1 Å². The third-order valence-electron chi connectivity index (χ3n) is 5.50. The summed E-state index contributed by atoms with van der Waals surface area (Å²) in [4.78, 5) is 3.85. The Bertz CT molecular complexity index is 1360. The van der Waals surface area contributed by atoms with Crippen molar-refractivity contribution in [3.8, 4) is 17.4 Å². The number of methoxy groups -OCH3 is 2. The molecule has 4 rings (SSSR count). The number of anilines is 1. The normalized spacial score (nSPS) is 11.6. The van der Waals surface area contributed by atoms with Gasteiger partial charge in [0, 0.05) is 35.7 Å². The number of nitrogen functional groups attached to an aromatic ring is 1. The number of aromatic hydroxyl groups is 1. The van der Waals surface area contributed by atoms with Crippen LogP contribution in [0, 0.1) is 0 Å². The molecule has 9 heteroatoms. The number of pyridine rings is 1. The highest BCUT2D eigenvalue weighted by molar-refractivity contribution is 7.89. The fourth-order valence-electron chi connectivity index (χ4n) is 3.70. The molecule has 0 aliphatic heterocycles. The van der Waals surface area contributed by atoms with E-state index in [1.54, 1.807) is 44.6 Å². The summed E-state index contributed by atoms with van der Waals surface area (Å²) in [6.45, 7) is 0.234. The van der Waals surface area contributed by atoms with Crippen LogP contribution < -0.4 is 15.2 Å². The molecule has 0 aliphatic rings. The number of nitrogens with two attached hydrogens (primary N) is 1. The molecule has 0 spiro atoms. The topological polar surface area (TPSA) is 115 Å². The first-order valence-corrected chi connectivity index (χ1v) is 11.9. The quantitative estimate of drug-likeness (QED) is 0.368. The van der Waals surface area contributed by atoms with Gasteiger partial charge in [0.05, 0.1) is 19.1 Å². The van der Waals surface area contributed by atoms with Crippen LogP contribution >= 0.6 is 0 Å². The Morgan fingerprint density at radius 1 is 0.853 bits per heavy atom. The lowest BCUT2D eigenvalue weighted by atomic mass is 10.1. The maximum atomic E-state index is 14.0. The summed E-state index contributed by atoms with van der Waals surface area (Å²) < 4.78 is 39.8. The Morgan fingerprint density at radius 3 is 1.88 bits per heavy atom. The second-order valence-corrected chi connectivity index (χ2v) is 9.62. The molecule has 3 aromatic carbocycles. The van der Waals surface area contributed by atoms with Gasteiger partial charge >= 0.3 is 0 Å². The van der Waals surface area contributed by atoms with Crippen molar-refractivity contribution in [3.63, 3.8) is 0 Å². The number of hydrogen-bond acceptors (Lipinski definition) is 7. The molecule has 0 saturated heterocycles. The van der Waals surface area contributed by atoms with E-state index in [2.05, 4.69) is 4.98 Å². The van der Waals surface area contributed by atoms with E-state index in [1.165, 1.54) is 22.6 Å². The van der Waals surface area contributed by atoms with Crippen molar-refractivity contribution in [1.29, 1.82) is 0 Å². The molecular formula is C25H25N3O5S. The standard InChI is InChI=1S/C25H25N3O5S/c1-32-20-7-3-17(4-8-20)15-28(16-18-5-9-21(33-2)10-6-18)34(30,31)24-14-19(26)13-23-22(24)11-12-27-25(23)29/h3-14H,15-16,26H2,1-2H3,(H,27,29). The zero-order valence-electron chi connectivity index (χ0n) is 18.8. The van der Waals surface area contributed by atoms with Gasteiger partial charge in [-0.1, -0.05) is 24.3 Å². The highest BCUT2D eigenvalue weighted by atomic mass is 32.2. The molecule has 1 aromatic heterocycles. The second-order valence-electron chi connectivity index (χ2n) is 7.72. The molecule has 4 aromatic rings. The number of aromatic nitrogens is 1. The van der Waals surface area contributed by atoms with Crippen molar-refractivity contribution < 1.29 is 23.0 Å². The lowest BCUT2D eigenvalue weighted by molar-refractivity contribution is 0.398. The van der Waals surface area contributed by atoms with Crippen LogP contribution in [0.4, 0.5) is 5.69 Å². The van der Waals surface area contributed by atoms with Crippen molar-refractivity contribution in [3.05, 3.63) is 84.1 Å². The van der Waals surface area contributed by atoms with E-state index < -0.39 is 10.0 Å². The summed E-state index contributed by atoms with van der Waals surface area (Å²) in [6.07, 6.45) is 1.37. The van der Waals surface area contributed by atoms with Crippen LogP contribution in [0.15, 0.2) is 77.8 Å². The first-order chi connectivity index (χ1) is 16.3. The fourth-order valence-corrected chi connectivity index (χ4v) is 5.36. The van der Waals surface area contributed by atoms with Gasteiger partial charge < -0.3 is 20.3 Å². The number of rotatable bonds is 8. The van der Waals surface area contributed by atoms with Gasteiger partial charge in [-0.3, -0.25) is 0 Å². The van der Waals surface area contributed by atoms with Crippen LogP contribution in [0.3, 0.4) is 0 Å². The Balaban J connectivity index is 1.80. The van der Waals surface area contributed by atoms with E-state index in [0.717, 1.165) is 11.1 Å². The minimum absolute atomic E-state index is 0.00206. The third-order valence-corrected chi connectivity index (χ3v) is 7.33. The molecule has 0 amide bonds. The van der Waals surface area contributed by atoms with Crippen molar-refractivity contribution >= 4 is 26.5 Å². The van der Waals surface area contributed by atoms with E-state index in [0.29, 0.717) is 16.9 Å². The molecule has 0 aliphatic carbocycles. The molecule has 0 unspecified atom stereocenters. The molecule has 176 valence electrons. The molecule has 0 bridgehead atoms. The molecule has 0 fully saturated rings. The van der Waals surface area contributed by atoms with Crippen LogP contribution in [0.5, 0.6) is 17.4 Å². The molecule has 34 heavy (non-hydrogen) atoms. The van der Waals surface area contributed by atoms with E-state index >= 15 is 0 Å². The van der Waals surface area contributed by atoms with E-state index in [4.69, 9.17) is 15.2 Å². The zero-order chi connectivity index (χ0) is 24.3. The molecule has 0 saturated carbocycles. The Kier molecular flexibility index (Phi) is 6.58. The van der Waals surface area contributed by atoms with Crippen LogP contribution in [0.25, 0.3) is 10.8 Å². The summed E-state index contributed by atoms with van der Waals surface area (Å²) in [7, 11) is -0.895. The van der Waals surface area contributed by atoms with Gasteiger partial charge in [-0.05, 0) is 53.6 Å². The summed E-state index contributed by atoms with van der Waals surface area (Å²) in [5, 5.41) is 10.8. The summed E-state index contributed by atoms with van der Waals surface area (Å²) in [5.74, 6) is 1.08. The maximum Gasteiger partial charge on any atom is 0.244 e. The maximum absolute atomic E-state index is 14.0. The molecule has 3 N–H and O–H groups in total.